The number of aliphatic hydroxyl groups excluding tert-OH is 3. The monoisotopic (exact) mass is 474 g/mol. The van der Waals surface area contributed by atoms with E-state index in [9.17, 15) is 9.59 Å². The maximum Gasteiger partial charge on any atom is 0.328 e. The van der Waals surface area contributed by atoms with Crippen LogP contribution >= 0.6 is 0 Å². The largest absolute Gasteiger partial charge is 0.464 e. The van der Waals surface area contributed by atoms with E-state index in [1.165, 1.54) is 51.4 Å². The van der Waals surface area contributed by atoms with E-state index in [2.05, 4.69) is 12.2 Å². The number of unbranched alkanes of at least 4 members (excludes halogenated alkanes) is 9. The highest BCUT2D eigenvalue weighted by Gasteiger charge is 2.28. The van der Waals surface area contributed by atoms with Gasteiger partial charge in [-0.1, -0.05) is 64.7 Å². The van der Waals surface area contributed by atoms with E-state index in [1.54, 1.807) is 4.90 Å². The molecule has 4 N–H and O–H groups in total. The predicted molar refractivity (Wildman–Crippen MR) is 127 cm³/mol. The Bertz CT molecular complexity index is 428. The molecule has 1 aliphatic rings. The van der Waals surface area contributed by atoms with E-state index in [-0.39, 0.29) is 42.7 Å². The molecule has 0 spiro atoms. The van der Waals surface area contributed by atoms with Crippen molar-refractivity contribution in [1.82, 2.24) is 10.2 Å². The molecule has 1 heterocycles. The number of carbonyl (C=O) groups is 2. The predicted octanol–water partition coefficient (Wildman–Crippen LogP) is 1.61. The maximum atomic E-state index is 11.6. The van der Waals surface area contributed by atoms with Gasteiger partial charge in [-0.15, -0.1) is 0 Å². The molecule has 1 fully saturated rings. The summed E-state index contributed by atoms with van der Waals surface area (Å²) in [4.78, 5) is 24.4. The molecule has 0 aliphatic carbocycles. The smallest absolute Gasteiger partial charge is 0.328 e. The van der Waals surface area contributed by atoms with Crippen LogP contribution in [0, 0.1) is 0 Å². The van der Waals surface area contributed by atoms with Gasteiger partial charge in [-0.25, -0.2) is 4.79 Å². The first-order valence-corrected chi connectivity index (χ1v) is 12.1. The Kier molecular flexibility index (Phi) is 25.5. The number of esters is 1. The van der Waals surface area contributed by atoms with Gasteiger partial charge in [-0.05, 0) is 12.8 Å². The van der Waals surface area contributed by atoms with Gasteiger partial charge in [-0.3, -0.25) is 9.69 Å². The third-order valence-electron chi connectivity index (χ3n) is 5.27. The number of ether oxygens (including phenoxy) is 1. The summed E-state index contributed by atoms with van der Waals surface area (Å²) in [5, 5.41) is 28.1. The molecule has 8 nitrogen and oxygen atoms in total. The molecule has 32 heavy (non-hydrogen) atoms. The molecule has 1 aliphatic heterocycles. The number of rotatable bonds is 18. The highest BCUT2D eigenvalue weighted by molar-refractivity contribution is 5.87. The van der Waals surface area contributed by atoms with Gasteiger partial charge in [0.05, 0.1) is 26.4 Å². The molecule has 1 saturated heterocycles. The van der Waals surface area contributed by atoms with Crippen molar-refractivity contribution in [3.63, 3.8) is 0 Å². The lowest BCUT2D eigenvalue weighted by atomic mass is 10.1. The van der Waals surface area contributed by atoms with Gasteiger partial charge in [-0.2, -0.15) is 0 Å². The minimum Gasteiger partial charge on any atom is -0.464 e. The molecular formula is C23H46N2O6Si. The average molecular weight is 475 g/mol. The first-order valence-electron chi connectivity index (χ1n) is 12.1. The standard InChI is InChI=1S/C17H31NO3.C6H15NO3.Si/c1-2-3-4-5-6-7-8-9-10-11-14-21-17(20)15-12-13-16(19)18-15;8-4-1-7(2-5-9)3-6-10;/h15H,2-14H2,1H3,(H,18,19);8-10H,1-6H2;/t15-;;/m0../s1. The van der Waals surface area contributed by atoms with Gasteiger partial charge in [0.1, 0.15) is 6.04 Å². The molecule has 0 saturated carbocycles. The van der Waals surface area contributed by atoms with Crippen LogP contribution in [0.15, 0.2) is 0 Å². The molecule has 4 radical (unpaired) electrons. The quantitative estimate of drug-likeness (QED) is 0.135. The summed E-state index contributed by atoms with van der Waals surface area (Å²) < 4.78 is 5.19. The summed E-state index contributed by atoms with van der Waals surface area (Å²) >= 11 is 0. The third-order valence-corrected chi connectivity index (χ3v) is 5.27. The zero-order valence-corrected chi connectivity index (χ0v) is 21.0. The second-order valence-corrected chi connectivity index (χ2v) is 8.02. The Balaban J connectivity index is 0. The van der Waals surface area contributed by atoms with Crippen LogP contribution in [0.3, 0.4) is 0 Å². The zero-order valence-electron chi connectivity index (χ0n) is 20.0. The second-order valence-electron chi connectivity index (χ2n) is 8.02. The topological polar surface area (TPSA) is 119 Å². The van der Waals surface area contributed by atoms with Crippen LogP contribution in [0.5, 0.6) is 0 Å². The fourth-order valence-corrected chi connectivity index (χ4v) is 3.41. The summed E-state index contributed by atoms with van der Waals surface area (Å²) in [6.45, 7) is 4.48. The van der Waals surface area contributed by atoms with Gasteiger partial charge < -0.3 is 25.4 Å². The summed E-state index contributed by atoms with van der Waals surface area (Å²) in [5.41, 5.74) is 0. The molecule has 0 unspecified atom stereocenters. The number of aliphatic hydroxyl groups is 3. The van der Waals surface area contributed by atoms with Gasteiger partial charge in [0.15, 0.2) is 0 Å². The number of carbonyl (C=O) groups excluding carboxylic acids is 2. The van der Waals surface area contributed by atoms with Crippen molar-refractivity contribution in [1.29, 1.82) is 0 Å². The Labute approximate surface area is 199 Å². The summed E-state index contributed by atoms with van der Waals surface area (Å²) in [6.07, 6.45) is 13.7. The van der Waals surface area contributed by atoms with Gasteiger partial charge >= 0.3 is 5.97 Å². The third kappa shape index (κ3) is 19.7. The van der Waals surface area contributed by atoms with Crippen molar-refractivity contribution in [2.24, 2.45) is 0 Å². The number of nitrogens with one attached hydrogen (secondary N) is 1. The molecule has 0 aromatic rings. The fourth-order valence-electron chi connectivity index (χ4n) is 3.41. The summed E-state index contributed by atoms with van der Waals surface area (Å²) in [5.74, 6) is -0.312. The Hall–Kier alpha value is -1.00. The minimum atomic E-state index is -0.402. The van der Waals surface area contributed by atoms with E-state index in [4.69, 9.17) is 20.1 Å². The minimum absolute atomic E-state index is 0. The van der Waals surface area contributed by atoms with Crippen molar-refractivity contribution in [2.75, 3.05) is 46.1 Å². The number of hydrogen-bond acceptors (Lipinski definition) is 7. The van der Waals surface area contributed by atoms with Crippen molar-refractivity contribution < 1.29 is 29.6 Å². The van der Waals surface area contributed by atoms with Crippen LogP contribution in [0.2, 0.25) is 0 Å². The molecule has 9 heteroatoms. The highest BCUT2D eigenvalue weighted by Crippen LogP contribution is 2.11. The van der Waals surface area contributed by atoms with E-state index >= 15 is 0 Å². The zero-order chi connectivity index (χ0) is 23.2. The van der Waals surface area contributed by atoms with Crippen LogP contribution in [0.1, 0.15) is 84.0 Å². The van der Waals surface area contributed by atoms with Crippen molar-refractivity contribution in [2.45, 2.75) is 90.0 Å². The van der Waals surface area contributed by atoms with E-state index in [1.807, 2.05) is 0 Å². The lowest BCUT2D eigenvalue weighted by molar-refractivity contribution is -0.146. The molecule has 188 valence electrons. The molecule has 0 aromatic carbocycles. The Morgan fingerprint density at radius 1 is 0.906 bits per heavy atom. The van der Waals surface area contributed by atoms with E-state index < -0.39 is 6.04 Å². The normalized spacial score (nSPS) is 15.0. The van der Waals surface area contributed by atoms with Crippen molar-refractivity contribution in [3.05, 3.63) is 0 Å². The summed E-state index contributed by atoms with van der Waals surface area (Å²) in [7, 11) is 0. The van der Waals surface area contributed by atoms with E-state index in [0.29, 0.717) is 39.1 Å². The first-order chi connectivity index (χ1) is 15.1. The van der Waals surface area contributed by atoms with Crippen LogP contribution in [-0.2, 0) is 14.3 Å². The van der Waals surface area contributed by atoms with Crippen LogP contribution in [0.25, 0.3) is 0 Å². The van der Waals surface area contributed by atoms with Crippen LogP contribution in [-0.4, -0.2) is 95.2 Å². The molecule has 0 aromatic heterocycles. The highest BCUT2D eigenvalue weighted by atomic mass is 28.1. The fraction of sp³-hybridized carbons (Fsp3) is 0.913. The lowest BCUT2D eigenvalue weighted by Crippen LogP contribution is -2.34. The van der Waals surface area contributed by atoms with Crippen molar-refractivity contribution >= 4 is 22.8 Å². The molecule has 1 rings (SSSR count). The number of amides is 1. The summed E-state index contributed by atoms with van der Waals surface area (Å²) in [6, 6.07) is -0.402. The Morgan fingerprint density at radius 3 is 1.78 bits per heavy atom. The first kappa shape index (κ1) is 33.2. The molecular weight excluding hydrogens is 428 g/mol. The van der Waals surface area contributed by atoms with Crippen LogP contribution < -0.4 is 5.32 Å². The van der Waals surface area contributed by atoms with Crippen LogP contribution in [0.4, 0.5) is 0 Å². The van der Waals surface area contributed by atoms with E-state index in [0.717, 1.165) is 12.8 Å². The average Bonchev–Trinajstić information content (AvgIpc) is 3.19. The maximum absolute atomic E-state index is 11.6. The SMILES string of the molecule is CCCCCCCCCCCCOC(=O)[C@@H]1CCC(=O)N1.OCCN(CCO)CCO.[Si]. The second kappa shape index (κ2) is 24.6. The number of hydrogen-bond donors (Lipinski definition) is 4. The molecule has 1 amide bonds. The van der Waals surface area contributed by atoms with Gasteiger partial charge in [0, 0.05) is 37.0 Å². The lowest BCUT2D eigenvalue weighted by Gasteiger charge is -2.17. The molecule has 1 atom stereocenters. The van der Waals surface area contributed by atoms with Gasteiger partial charge in [0.2, 0.25) is 5.91 Å². The number of nitrogens with zero attached hydrogens (tertiary/aromatic N) is 1. The Morgan fingerprint density at radius 2 is 1.38 bits per heavy atom. The van der Waals surface area contributed by atoms with Gasteiger partial charge in [0.25, 0.3) is 0 Å². The van der Waals surface area contributed by atoms with Crippen molar-refractivity contribution in [3.8, 4) is 0 Å². The molecule has 0 bridgehead atoms.